The lowest BCUT2D eigenvalue weighted by Crippen LogP contribution is -2.59. The fraction of sp³-hybridized carbons (Fsp3) is 0.639. The first-order valence-electron chi connectivity index (χ1n) is 18.2. The van der Waals surface area contributed by atoms with Crippen LogP contribution in [-0.4, -0.2) is 124 Å². The lowest BCUT2D eigenvalue weighted by molar-refractivity contribution is -0.143. The molecule has 52 heavy (non-hydrogen) atoms. The van der Waals surface area contributed by atoms with Gasteiger partial charge in [0.1, 0.15) is 42.0 Å². The number of rotatable bonds is 7. The number of nitrogens with zero attached hydrogens (tertiary/aromatic N) is 2. The summed E-state index contributed by atoms with van der Waals surface area (Å²) < 4.78 is 0. The zero-order chi connectivity index (χ0) is 38.1. The summed E-state index contributed by atoms with van der Waals surface area (Å²) >= 11 is 0. The Hall–Kier alpha value is -4.73. The fourth-order valence-corrected chi connectivity index (χ4v) is 7.01. The minimum Gasteiger partial charge on any atom is -0.508 e. The van der Waals surface area contributed by atoms with Crippen LogP contribution in [-0.2, 0) is 40.0 Å². The van der Waals surface area contributed by atoms with Crippen LogP contribution >= 0.6 is 0 Å². The second-order valence-electron chi connectivity index (χ2n) is 14.7. The maximum absolute atomic E-state index is 14.1. The highest BCUT2D eigenvalue weighted by molar-refractivity contribution is 5.98. The standard InChI is InChI=1S/C36H53N7O9/c1-20(2)15-24-32(48)41-26(16-21(3)4)35(51)42-13-5-7-28(42)34(50)40-25(17-22-9-11-23(45)12-10-22)31(47)37-18-30(46)38-27(19-44)36(52)43-14-6-8-29(43)33(49)39-24/h9-12,20-21,24-29,44-45H,5-8,13-19H2,1-4H3,(H,37,47)(H,38,46)(H,39,49)(H,40,50)(H,41,48)/t24-,25-,26-,27-,28-,29-/m0/s1. The number of carbonyl (C=O) groups is 7. The Morgan fingerprint density at radius 2 is 1.15 bits per heavy atom. The van der Waals surface area contributed by atoms with Crippen molar-refractivity contribution in [2.75, 3.05) is 26.2 Å². The highest BCUT2D eigenvalue weighted by Gasteiger charge is 2.42. The lowest BCUT2D eigenvalue weighted by atomic mass is 9.99. The van der Waals surface area contributed by atoms with Crippen LogP contribution in [0, 0.1) is 11.8 Å². The lowest BCUT2D eigenvalue weighted by Gasteiger charge is -2.32. The molecule has 3 heterocycles. The molecular formula is C36H53N7O9. The fourth-order valence-electron chi connectivity index (χ4n) is 7.01. The molecule has 1 aromatic carbocycles. The summed E-state index contributed by atoms with van der Waals surface area (Å²) in [7, 11) is 0. The van der Waals surface area contributed by atoms with Crippen molar-refractivity contribution >= 4 is 41.4 Å². The maximum Gasteiger partial charge on any atom is 0.248 e. The number of carbonyl (C=O) groups excluding carboxylic acids is 7. The summed E-state index contributed by atoms with van der Waals surface area (Å²) in [5.74, 6) is -4.46. The number of nitrogens with one attached hydrogen (secondary N) is 5. The predicted octanol–water partition coefficient (Wildman–Crippen LogP) is -0.930. The first-order valence-corrected chi connectivity index (χ1v) is 18.2. The third-order valence-corrected chi connectivity index (χ3v) is 9.59. The molecule has 4 rings (SSSR count). The molecule has 16 nitrogen and oxygen atoms in total. The molecule has 0 bridgehead atoms. The molecule has 7 amide bonds. The molecule has 0 unspecified atom stereocenters. The topological polar surface area (TPSA) is 227 Å². The van der Waals surface area contributed by atoms with Gasteiger partial charge in [-0.15, -0.1) is 0 Å². The van der Waals surface area contributed by atoms with Crippen molar-refractivity contribution in [1.29, 1.82) is 0 Å². The minimum absolute atomic E-state index is 0.00730. The van der Waals surface area contributed by atoms with Crippen molar-refractivity contribution in [3.63, 3.8) is 0 Å². The van der Waals surface area contributed by atoms with E-state index in [1.165, 1.54) is 21.9 Å². The Kier molecular flexibility index (Phi) is 14.0. The molecule has 1 aromatic rings. The monoisotopic (exact) mass is 727 g/mol. The molecule has 6 atom stereocenters. The average molecular weight is 728 g/mol. The summed E-state index contributed by atoms with van der Waals surface area (Å²) in [5.41, 5.74) is 0.595. The summed E-state index contributed by atoms with van der Waals surface area (Å²) in [4.78, 5) is 98.2. The van der Waals surface area contributed by atoms with Gasteiger partial charge in [-0.2, -0.15) is 0 Å². The van der Waals surface area contributed by atoms with Crippen LogP contribution in [0.3, 0.4) is 0 Å². The highest BCUT2D eigenvalue weighted by atomic mass is 16.3. The van der Waals surface area contributed by atoms with Crippen molar-refractivity contribution in [3.8, 4) is 5.75 Å². The van der Waals surface area contributed by atoms with Gasteiger partial charge in [0.05, 0.1) is 13.2 Å². The van der Waals surface area contributed by atoms with E-state index < -0.39 is 90.8 Å². The van der Waals surface area contributed by atoms with Crippen molar-refractivity contribution < 1.29 is 43.8 Å². The van der Waals surface area contributed by atoms with Gasteiger partial charge < -0.3 is 46.6 Å². The van der Waals surface area contributed by atoms with Crippen molar-refractivity contribution in [3.05, 3.63) is 29.8 Å². The van der Waals surface area contributed by atoms with E-state index >= 15 is 0 Å². The third kappa shape index (κ3) is 10.4. The van der Waals surface area contributed by atoms with Crippen LogP contribution in [0.15, 0.2) is 24.3 Å². The van der Waals surface area contributed by atoms with E-state index in [-0.39, 0.29) is 49.9 Å². The second-order valence-corrected chi connectivity index (χ2v) is 14.7. The normalized spacial score (nSPS) is 27.3. The van der Waals surface area contributed by atoms with Gasteiger partial charge in [-0.1, -0.05) is 39.8 Å². The van der Waals surface area contributed by atoms with Crippen LogP contribution in [0.4, 0.5) is 0 Å². The van der Waals surface area contributed by atoms with Gasteiger partial charge in [0.15, 0.2) is 0 Å². The Morgan fingerprint density at radius 3 is 1.69 bits per heavy atom. The van der Waals surface area contributed by atoms with Gasteiger partial charge in [0.2, 0.25) is 41.4 Å². The van der Waals surface area contributed by atoms with Crippen molar-refractivity contribution in [2.24, 2.45) is 11.8 Å². The molecule has 286 valence electrons. The Labute approximate surface area is 303 Å². The van der Waals surface area contributed by atoms with E-state index in [1.807, 2.05) is 27.7 Å². The molecule has 3 fully saturated rings. The van der Waals surface area contributed by atoms with Crippen LogP contribution < -0.4 is 26.6 Å². The van der Waals surface area contributed by atoms with E-state index in [2.05, 4.69) is 26.6 Å². The Balaban J connectivity index is 1.69. The summed E-state index contributed by atoms with van der Waals surface area (Å²) in [6, 6.07) is -0.529. The van der Waals surface area contributed by atoms with E-state index in [0.29, 0.717) is 31.2 Å². The van der Waals surface area contributed by atoms with E-state index in [0.717, 1.165) is 0 Å². The molecule has 0 spiro atoms. The quantitative estimate of drug-likeness (QED) is 0.184. The number of aliphatic hydroxyl groups is 1. The third-order valence-electron chi connectivity index (χ3n) is 9.59. The number of aromatic hydroxyl groups is 1. The number of fused-ring (bicyclic) bond motifs is 2. The highest BCUT2D eigenvalue weighted by Crippen LogP contribution is 2.23. The van der Waals surface area contributed by atoms with Gasteiger partial charge in [0.25, 0.3) is 0 Å². The molecular weight excluding hydrogens is 674 g/mol. The predicted molar refractivity (Wildman–Crippen MR) is 188 cm³/mol. The Bertz CT molecular complexity index is 1480. The van der Waals surface area contributed by atoms with Crippen LogP contribution in [0.2, 0.25) is 0 Å². The maximum atomic E-state index is 14.1. The SMILES string of the molecule is CC(C)C[C@@H]1NC(=O)[C@@H]2CCCN2C(=O)[C@H](CO)NC(=O)CNC(=O)[C@H](Cc2ccc(O)cc2)NC(=O)[C@@H]2CCCN2C(=O)[C@H](CC(C)C)NC1=O. The molecule has 0 aromatic heterocycles. The van der Waals surface area contributed by atoms with Gasteiger partial charge in [-0.05, 0) is 68.1 Å². The number of hydrogen-bond acceptors (Lipinski definition) is 9. The number of amides is 7. The van der Waals surface area contributed by atoms with Crippen LogP contribution in [0.25, 0.3) is 0 Å². The molecule has 0 saturated carbocycles. The van der Waals surface area contributed by atoms with Gasteiger partial charge in [-0.3, -0.25) is 33.6 Å². The number of hydrogen-bond donors (Lipinski definition) is 7. The van der Waals surface area contributed by atoms with Crippen LogP contribution in [0.5, 0.6) is 5.75 Å². The van der Waals surface area contributed by atoms with E-state index in [9.17, 15) is 43.8 Å². The van der Waals surface area contributed by atoms with Crippen molar-refractivity contribution in [1.82, 2.24) is 36.4 Å². The first kappa shape index (κ1) is 40.0. The first-order chi connectivity index (χ1) is 24.7. The molecule has 16 heteroatoms. The van der Waals surface area contributed by atoms with Crippen molar-refractivity contribution in [2.45, 2.75) is 109 Å². The molecule has 3 aliphatic heterocycles. The summed E-state index contributed by atoms with van der Waals surface area (Å²) in [6.45, 7) is 6.64. The molecule has 0 radical (unpaired) electrons. The number of phenols is 1. The summed E-state index contributed by atoms with van der Waals surface area (Å²) in [6.07, 6.45) is 2.09. The molecule has 3 aliphatic rings. The molecule has 7 N–H and O–H groups in total. The zero-order valence-electron chi connectivity index (χ0n) is 30.4. The minimum atomic E-state index is -1.41. The Morgan fingerprint density at radius 1 is 0.654 bits per heavy atom. The van der Waals surface area contributed by atoms with E-state index in [1.54, 1.807) is 12.1 Å². The zero-order valence-corrected chi connectivity index (χ0v) is 30.4. The van der Waals surface area contributed by atoms with E-state index in [4.69, 9.17) is 0 Å². The molecule has 3 saturated heterocycles. The van der Waals surface area contributed by atoms with Gasteiger partial charge >= 0.3 is 0 Å². The largest absolute Gasteiger partial charge is 0.508 e. The number of phenolic OH excluding ortho intramolecular Hbond substituents is 1. The number of benzene rings is 1. The smallest absolute Gasteiger partial charge is 0.248 e. The molecule has 0 aliphatic carbocycles. The van der Waals surface area contributed by atoms with Gasteiger partial charge in [0, 0.05) is 19.5 Å². The summed E-state index contributed by atoms with van der Waals surface area (Å²) in [5, 5.41) is 33.1. The van der Waals surface area contributed by atoms with Gasteiger partial charge in [-0.25, -0.2) is 0 Å². The number of aliphatic hydroxyl groups excluding tert-OH is 1. The van der Waals surface area contributed by atoms with Crippen LogP contribution in [0.1, 0.15) is 71.8 Å². The average Bonchev–Trinajstić information content (AvgIpc) is 3.79. The second kappa shape index (κ2) is 18.2.